The number of anilines is 1. The summed E-state index contributed by atoms with van der Waals surface area (Å²) >= 11 is 0. The summed E-state index contributed by atoms with van der Waals surface area (Å²) in [5.41, 5.74) is 0.832. The van der Waals surface area contributed by atoms with E-state index in [1.54, 1.807) is 25.1 Å². The van der Waals surface area contributed by atoms with Crippen molar-refractivity contribution >= 4 is 21.7 Å². The fourth-order valence-corrected chi connectivity index (χ4v) is 4.42. The van der Waals surface area contributed by atoms with Crippen LogP contribution < -0.4 is 10.0 Å². The first kappa shape index (κ1) is 18.7. The van der Waals surface area contributed by atoms with Gasteiger partial charge in [0.1, 0.15) is 16.5 Å². The van der Waals surface area contributed by atoms with Gasteiger partial charge >= 0.3 is 0 Å². The van der Waals surface area contributed by atoms with E-state index >= 15 is 0 Å². The van der Waals surface area contributed by atoms with E-state index in [0.29, 0.717) is 11.1 Å². The fourth-order valence-electron chi connectivity index (χ4n) is 3.26. The van der Waals surface area contributed by atoms with Gasteiger partial charge in [-0.15, -0.1) is 0 Å². The summed E-state index contributed by atoms with van der Waals surface area (Å²) < 4.78 is 64.5. The van der Waals surface area contributed by atoms with Crippen LogP contribution in [-0.4, -0.2) is 19.4 Å². The van der Waals surface area contributed by atoms with E-state index in [1.807, 2.05) is 0 Å². The first-order valence-corrected chi connectivity index (χ1v) is 10.6. The minimum absolute atomic E-state index is 0.0502. The summed E-state index contributed by atoms with van der Waals surface area (Å²) in [7, 11) is -4.01. The number of para-hydroxylation sites is 1. The van der Waals surface area contributed by atoms with Gasteiger partial charge in [-0.2, -0.15) is 0 Å². The van der Waals surface area contributed by atoms with Gasteiger partial charge in [-0.25, -0.2) is 26.9 Å². The molecule has 6 nitrogen and oxygen atoms in total. The number of aromatic nitrogens is 1. The molecule has 0 bridgehead atoms. The predicted octanol–water partition coefficient (Wildman–Crippen LogP) is 3.77. The predicted molar refractivity (Wildman–Crippen MR) is 110 cm³/mol. The maximum absolute atomic E-state index is 14.4. The number of pyridine rings is 1. The largest absolute Gasteiger partial charge is 0.324 e. The number of nitrogens with one attached hydrogen (secondary N) is 2. The topological polar surface area (TPSA) is 83.4 Å². The summed E-state index contributed by atoms with van der Waals surface area (Å²) in [6.45, 7) is 1.49. The summed E-state index contributed by atoms with van der Waals surface area (Å²) in [6.07, 6.45) is 1.41. The number of hydrogen-bond acceptors (Lipinski definition) is 4. The monoisotopic (exact) mass is 429 g/mol. The second-order valence-corrected chi connectivity index (χ2v) is 8.35. The molecule has 0 amide bonds. The highest BCUT2D eigenvalue weighted by Crippen LogP contribution is 2.36. The van der Waals surface area contributed by atoms with E-state index in [9.17, 15) is 17.2 Å². The van der Waals surface area contributed by atoms with Crippen molar-refractivity contribution in [2.45, 2.75) is 24.3 Å². The molecule has 154 valence electrons. The molecule has 0 aliphatic carbocycles. The fraction of sp³-hybridized carbons (Fsp3) is 0.143. The normalized spacial score (nSPS) is 17.4. The number of benzene rings is 2. The van der Waals surface area contributed by atoms with Gasteiger partial charge in [0.15, 0.2) is 0 Å². The van der Waals surface area contributed by atoms with Crippen molar-refractivity contribution < 1.29 is 18.6 Å². The van der Waals surface area contributed by atoms with Crippen molar-refractivity contribution in [2.75, 3.05) is 5.32 Å². The van der Waals surface area contributed by atoms with Gasteiger partial charge < -0.3 is 5.32 Å². The van der Waals surface area contributed by atoms with Crippen molar-refractivity contribution in [3.8, 4) is 0 Å². The summed E-state index contributed by atoms with van der Waals surface area (Å²) in [6, 6.07) is 11.5. The number of hydrogen-bond donors (Lipinski definition) is 2. The molecule has 2 N–H and O–H groups in total. The molecule has 1 aliphatic rings. The second kappa shape index (κ2) is 7.83. The Morgan fingerprint density at radius 3 is 2.63 bits per heavy atom. The van der Waals surface area contributed by atoms with Crippen LogP contribution in [0, 0.1) is 11.6 Å². The Kier molecular flexibility index (Phi) is 4.88. The van der Waals surface area contributed by atoms with Crippen LogP contribution >= 0.6 is 0 Å². The molecular weight excluding hydrogens is 410 g/mol. The summed E-state index contributed by atoms with van der Waals surface area (Å²) in [5.74, 6) is -1.76. The van der Waals surface area contributed by atoms with Crippen LogP contribution in [0.1, 0.15) is 31.0 Å². The Morgan fingerprint density at radius 1 is 1.10 bits per heavy atom. The van der Waals surface area contributed by atoms with Gasteiger partial charge in [0.2, 0.25) is 5.96 Å². The standard InChI is InChI=1S/C21H18F2N4O2S/c1-13(14-6-2-3-8-16(14)22)15-7-4-10-19-20(15)26-21(27-30(19,28)29)25-12-18-17(23)9-5-11-24-18/h2-11,13H,12H2,1H3,(H2,25,26,27)/i7D. The third-order valence-electron chi connectivity index (χ3n) is 4.78. The molecule has 3 aromatic rings. The number of halogens is 2. The maximum Gasteiger partial charge on any atom is 0.266 e. The van der Waals surface area contributed by atoms with Crippen LogP contribution in [0.3, 0.4) is 0 Å². The number of fused-ring (bicyclic) bond motifs is 1. The van der Waals surface area contributed by atoms with Gasteiger partial charge in [0.05, 0.1) is 19.3 Å². The minimum atomic E-state index is -4.01. The van der Waals surface area contributed by atoms with Crippen molar-refractivity contribution in [3.63, 3.8) is 0 Å². The molecule has 30 heavy (non-hydrogen) atoms. The average Bonchev–Trinajstić information content (AvgIpc) is 2.72. The maximum atomic E-state index is 14.4. The molecule has 0 fully saturated rings. The van der Waals surface area contributed by atoms with E-state index in [2.05, 4.69) is 20.0 Å². The Labute approximate surface area is 174 Å². The molecule has 0 saturated heterocycles. The molecule has 4 rings (SSSR count). The summed E-state index contributed by atoms with van der Waals surface area (Å²) in [5, 5.41) is 2.89. The van der Waals surface area contributed by atoms with Crippen LogP contribution in [0.15, 0.2) is 70.7 Å². The molecular formula is C21H18F2N4O2S. The smallest absolute Gasteiger partial charge is 0.266 e. The minimum Gasteiger partial charge on any atom is -0.324 e. The lowest BCUT2D eigenvalue weighted by Gasteiger charge is -2.26. The molecule has 1 aromatic heterocycles. The Hall–Kier alpha value is -3.33. The van der Waals surface area contributed by atoms with Crippen LogP contribution in [0.2, 0.25) is 0 Å². The molecule has 2 aromatic carbocycles. The van der Waals surface area contributed by atoms with Crippen LogP contribution in [0.5, 0.6) is 0 Å². The molecule has 0 saturated carbocycles. The number of sulfonamides is 1. The van der Waals surface area contributed by atoms with Gasteiger partial charge in [-0.05, 0) is 35.4 Å². The van der Waals surface area contributed by atoms with Crippen molar-refractivity contribution in [2.24, 2.45) is 4.99 Å². The van der Waals surface area contributed by atoms with Crippen molar-refractivity contribution in [3.05, 3.63) is 89.2 Å². The first-order chi connectivity index (χ1) is 14.8. The molecule has 1 unspecified atom stereocenters. The van der Waals surface area contributed by atoms with Gasteiger partial charge in [-0.1, -0.05) is 37.2 Å². The second-order valence-electron chi connectivity index (χ2n) is 6.70. The Bertz CT molecular complexity index is 1300. The molecule has 0 radical (unpaired) electrons. The zero-order valence-electron chi connectivity index (χ0n) is 16.9. The van der Waals surface area contributed by atoms with E-state index in [1.165, 1.54) is 36.5 Å². The SMILES string of the molecule is [2H]c1ccc2c(c1C(C)c1ccccc1F)NC(=NCc1ncccc1F)NS2(=O)=O. The van der Waals surface area contributed by atoms with Crippen molar-refractivity contribution in [1.29, 1.82) is 0 Å². The first-order valence-electron chi connectivity index (χ1n) is 9.59. The Balaban J connectivity index is 1.78. The highest BCUT2D eigenvalue weighted by atomic mass is 32.2. The van der Waals surface area contributed by atoms with E-state index in [4.69, 9.17) is 1.37 Å². The Morgan fingerprint density at radius 2 is 1.87 bits per heavy atom. The number of aliphatic imine (C=N–C) groups is 1. The highest BCUT2D eigenvalue weighted by Gasteiger charge is 2.30. The van der Waals surface area contributed by atoms with Crippen LogP contribution in [0.25, 0.3) is 0 Å². The van der Waals surface area contributed by atoms with Crippen LogP contribution in [-0.2, 0) is 16.6 Å². The lowest BCUT2D eigenvalue weighted by Crippen LogP contribution is -2.41. The molecule has 1 atom stereocenters. The molecule has 9 heteroatoms. The van der Waals surface area contributed by atoms with Gasteiger partial charge in [-0.3, -0.25) is 4.98 Å². The number of rotatable bonds is 4. The lowest BCUT2D eigenvalue weighted by atomic mass is 9.91. The lowest BCUT2D eigenvalue weighted by molar-refractivity contribution is 0.590. The molecule has 0 spiro atoms. The zero-order chi connectivity index (χ0) is 22.2. The zero-order valence-corrected chi connectivity index (χ0v) is 16.7. The van der Waals surface area contributed by atoms with E-state index in [-0.39, 0.29) is 34.8 Å². The van der Waals surface area contributed by atoms with E-state index < -0.39 is 27.6 Å². The molecule has 1 aliphatic heterocycles. The van der Waals surface area contributed by atoms with Crippen molar-refractivity contribution in [1.82, 2.24) is 9.71 Å². The third-order valence-corrected chi connectivity index (χ3v) is 6.16. The van der Waals surface area contributed by atoms with Gasteiger partial charge in [0, 0.05) is 12.1 Å². The third kappa shape index (κ3) is 3.76. The summed E-state index contributed by atoms with van der Waals surface area (Å²) in [4.78, 5) is 7.92. The quantitative estimate of drug-likeness (QED) is 0.661. The van der Waals surface area contributed by atoms with Crippen LogP contribution in [0.4, 0.5) is 14.5 Å². The number of nitrogens with zero attached hydrogens (tertiary/aromatic N) is 2. The molecule has 2 heterocycles. The number of guanidine groups is 1. The van der Waals surface area contributed by atoms with Gasteiger partial charge in [0.25, 0.3) is 10.0 Å². The van der Waals surface area contributed by atoms with E-state index in [0.717, 1.165) is 0 Å². The average molecular weight is 429 g/mol. The highest BCUT2D eigenvalue weighted by molar-refractivity contribution is 7.90.